The molecule has 0 bridgehead atoms. The second-order valence-corrected chi connectivity index (χ2v) is 4.46. The number of fused-ring (bicyclic) bond motifs is 1. The first-order valence-electron chi connectivity index (χ1n) is 4.25. The summed E-state index contributed by atoms with van der Waals surface area (Å²) in [5.74, 6) is -0.640. The van der Waals surface area contributed by atoms with Crippen molar-refractivity contribution in [3.05, 3.63) is 0 Å². The Morgan fingerprint density at radius 2 is 1.82 bits per heavy atom. The number of carboxylic acid groups (broad SMARTS) is 1. The second-order valence-electron chi connectivity index (χ2n) is 4.46. The molecule has 2 aliphatic rings. The Balaban J connectivity index is 2.27. The van der Waals surface area contributed by atoms with Crippen molar-refractivity contribution in [1.82, 2.24) is 0 Å². The molecule has 1 N–H and O–H groups in total. The lowest BCUT2D eigenvalue weighted by molar-refractivity contribution is -0.140. The predicted octanol–water partition coefficient (Wildman–Crippen LogP) is 1.90. The highest BCUT2D eigenvalue weighted by atomic mass is 16.4. The maximum atomic E-state index is 10.8. The van der Waals surface area contributed by atoms with E-state index in [4.69, 9.17) is 5.11 Å². The van der Waals surface area contributed by atoms with Crippen LogP contribution in [0, 0.1) is 16.7 Å². The van der Waals surface area contributed by atoms with E-state index in [1.54, 1.807) is 0 Å². The molecule has 0 saturated heterocycles. The number of rotatable bonds is 1. The number of hydrogen-bond donors (Lipinski definition) is 1. The van der Waals surface area contributed by atoms with Gasteiger partial charge in [0, 0.05) is 0 Å². The summed E-state index contributed by atoms with van der Waals surface area (Å²) in [5, 5.41) is 8.89. The van der Waals surface area contributed by atoms with Crippen molar-refractivity contribution in [2.24, 2.45) is 16.7 Å². The Bertz CT molecular complexity index is 208. The quantitative estimate of drug-likeness (QED) is 0.626. The molecule has 2 rings (SSSR count). The molecule has 2 aliphatic carbocycles. The van der Waals surface area contributed by atoms with E-state index >= 15 is 0 Å². The van der Waals surface area contributed by atoms with Gasteiger partial charge in [-0.25, -0.2) is 0 Å². The molecule has 0 spiro atoms. The van der Waals surface area contributed by atoms with Crippen LogP contribution >= 0.6 is 0 Å². The largest absolute Gasteiger partial charge is 0.481 e. The van der Waals surface area contributed by atoms with Crippen molar-refractivity contribution in [2.45, 2.75) is 33.1 Å². The minimum Gasteiger partial charge on any atom is -0.481 e. The highest BCUT2D eigenvalue weighted by Crippen LogP contribution is 2.77. The average molecular weight is 154 g/mol. The van der Waals surface area contributed by atoms with Crippen molar-refractivity contribution < 1.29 is 9.90 Å². The highest BCUT2D eigenvalue weighted by Gasteiger charge is 2.75. The van der Waals surface area contributed by atoms with Gasteiger partial charge in [-0.2, -0.15) is 0 Å². The molecule has 0 aromatic rings. The van der Waals surface area contributed by atoms with Crippen LogP contribution in [0.2, 0.25) is 0 Å². The van der Waals surface area contributed by atoms with Gasteiger partial charge in [0.15, 0.2) is 0 Å². The minimum atomic E-state index is -0.588. The fourth-order valence-electron chi connectivity index (χ4n) is 3.18. The third kappa shape index (κ3) is 0.569. The molecule has 0 aromatic heterocycles. The van der Waals surface area contributed by atoms with Crippen molar-refractivity contribution in [2.75, 3.05) is 0 Å². The van der Waals surface area contributed by atoms with Crippen LogP contribution in [0.4, 0.5) is 0 Å². The Labute approximate surface area is 66.6 Å². The van der Waals surface area contributed by atoms with Crippen molar-refractivity contribution in [1.29, 1.82) is 0 Å². The molecule has 2 atom stereocenters. The first-order valence-corrected chi connectivity index (χ1v) is 4.25. The van der Waals surface area contributed by atoms with Gasteiger partial charge in [-0.3, -0.25) is 4.79 Å². The number of aliphatic carboxylic acids is 1. The van der Waals surface area contributed by atoms with Gasteiger partial charge < -0.3 is 5.11 Å². The van der Waals surface area contributed by atoms with E-state index < -0.39 is 5.97 Å². The Morgan fingerprint density at radius 3 is 2.09 bits per heavy atom. The molecule has 0 aliphatic heterocycles. The van der Waals surface area contributed by atoms with Gasteiger partial charge in [0.1, 0.15) is 0 Å². The summed E-state index contributed by atoms with van der Waals surface area (Å²) >= 11 is 0. The zero-order chi connectivity index (χ0) is 8.28. The SMILES string of the molecule is CC12CCCC1(C)C2C(=O)O. The summed E-state index contributed by atoms with van der Waals surface area (Å²) in [7, 11) is 0. The van der Waals surface area contributed by atoms with Gasteiger partial charge in [-0.05, 0) is 23.7 Å². The van der Waals surface area contributed by atoms with E-state index in [-0.39, 0.29) is 16.7 Å². The number of hydrogen-bond acceptors (Lipinski definition) is 1. The molecule has 0 heterocycles. The van der Waals surface area contributed by atoms with Crippen LogP contribution in [-0.4, -0.2) is 11.1 Å². The molecule has 62 valence electrons. The molecule has 0 amide bonds. The first kappa shape index (κ1) is 7.14. The topological polar surface area (TPSA) is 37.3 Å². The van der Waals surface area contributed by atoms with Gasteiger partial charge >= 0.3 is 5.97 Å². The molecular formula is C9H14O2. The van der Waals surface area contributed by atoms with E-state index in [9.17, 15) is 4.79 Å². The van der Waals surface area contributed by atoms with E-state index in [1.807, 2.05) is 0 Å². The van der Waals surface area contributed by atoms with Crippen molar-refractivity contribution >= 4 is 5.97 Å². The lowest BCUT2D eigenvalue weighted by Crippen LogP contribution is -2.08. The second kappa shape index (κ2) is 1.62. The lowest BCUT2D eigenvalue weighted by atomic mass is 10.0. The van der Waals surface area contributed by atoms with Crippen LogP contribution in [0.15, 0.2) is 0 Å². The molecule has 11 heavy (non-hydrogen) atoms. The first-order chi connectivity index (χ1) is 5.02. The Morgan fingerprint density at radius 1 is 1.36 bits per heavy atom. The van der Waals surface area contributed by atoms with Crippen LogP contribution in [0.1, 0.15) is 33.1 Å². The van der Waals surface area contributed by atoms with Gasteiger partial charge in [-0.15, -0.1) is 0 Å². The van der Waals surface area contributed by atoms with Crippen molar-refractivity contribution in [3.63, 3.8) is 0 Å². The molecule has 2 saturated carbocycles. The summed E-state index contributed by atoms with van der Waals surface area (Å²) in [6.45, 7) is 4.25. The maximum Gasteiger partial charge on any atom is 0.307 e. The van der Waals surface area contributed by atoms with Crippen LogP contribution in [0.25, 0.3) is 0 Å². The molecule has 2 heteroatoms. The summed E-state index contributed by atoms with van der Waals surface area (Å²) in [6.07, 6.45) is 3.44. The van der Waals surface area contributed by atoms with Gasteiger partial charge in [0.2, 0.25) is 0 Å². The molecule has 2 fully saturated rings. The minimum absolute atomic E-state index is 0.0521. The molecule has 0 aromatic carbocycles. The normalized spacial score (nSPS) is 53.8. The highest BCUT2D eigenvalue weighted by molar-refractivity contribution is 5.77. The van der Waals surface area contributed by atoms with E-state index in [0.29, 0.717) is 0 Å². The van der Waals surface area contributed by atoms with E-state index in [1.165, 1.54) is 6.42 Å². The van der Waals surface area contributed by atoms with Gasteiger partial charge in [0.05, 0.1) is 5.92 Å². The summed E-state index contributed by atoms with van der Waals surface area (Å²) in [4.78, 5) is 10.8. The predicted molar refractivity (Wildman–Crippen MR) is 41.2 cm³/mol. The van der Waals surface area contributed by atoms with Gasteiger partial charge in [-0.1, -0.05) is 20.3 Å². The fourth-order valence-corrected chi connectivity index (χ4v) is 3.18. The van der Waals surface area contributed by atoms with Crippen LogP contribution < -0.4 is 0 Å². The molecule has 0 radical (unpaired) electrons. The van der Waals surface area contributed by atoms with Crippen molar-refractivity contribution in [3.8, 4) is 0 Å². The van der Waals surface area contributed by atoms with Crippen LogP contribution in [0.5, 0.6) is 0 Å². The van der Waals surface area contributed by atoms with E-state index in [2.05, 4.69) is 13.8 Å². The zero-order valence-corrected chi connectivity index (χ0v) is 7.05. The summed E-state index contributed by atoms with van der Waals surface area (Å²) in [6, 6.07) is 0. The Kier molecular flexibility index (Phi) is 1.05. The average Bonchev–Trinajstić information content (AvgIpc) is 2.15. The smallest absolute Gasteiger partial charge is 0.307 e. The molecular weight excluding hydrogens is 140 g/mol. The number of carboxylic acids is 1. The zero-order valence-electron chi connectivity index (χ0n) is 7.05. The maximum absolute atomic E-state index is 10.8. The summed E-state index contributed by atoms with van der Waals surface area (Å²) in [5.41, 5.74) is 0.275. The molecule has 2 unspecified atom stereocenters. The van der Waals surface area contributed by atoms with E-state index in [0.717, 1.165) is 12.8 Å². The Hall–Kier alpha value is -0.530. The monoisotopic (exact) mass is 154 g/mol. The third-order valence-electron chi connectivity index (χ3n) is 4.13. The standard InChI is InChI=1S/C9H14O2/c1-8-4-3-5-9(8,2)6(8)7(10)11/h6H,3-5H2,1-2H3,(H,10,11). The fraction of sp³-hybridized carbons (Fsp3) is 0.889. The third-order valence-corrected chi connectivity index (χ3v) is 4.13. The summed E-state index contributed by atoms with van der Waals surface area (Å²) < 4.78 is 0. The van der Waals surface area contributed by atoms with Crippen LogP contribution in [-0.2, 0) is 4.79 Å². The lowest BCUT2D eigenvalue weighted by Gasteiger charge is -2.02. The number of carbonyl (C=O) groups is 1. The van der Waals surface area contributed by atoms with Crippen LogP contribution in [0.3, 0.4) is 0 Å². The van der Waals surface area contributed by atoms with Gasteiger partial charge in [0.25, 0.3) is 0 Å². The molecule has 2 nitrogen and oxygen atoms in total.